The summed E-state index contributed by atoms with van der Waals surface area (Å²) < 4.78 is 23.0. The summed E-state index contributed by atoms with van der Waals surface area (Å²) in [6.45, 7) is 4.46. The van der Waals surface area contributed by atoms with Crippen LogP contribution in [0.2, 0.25) is 0 Å². The molecule has 7 rings (SSSR count). The van der Waals surface area contributed by atoms with Crippen molar-refractivity contribution in [3.63, 3.8) is 0 Å². The number of aliphatic hydroxyl groups is 1. The van der Waals surface area contributed by atoms with Crippen molar-refractivity contribution >= 4 is 27.5 Å². The standard InChI is InChI=1S/C33H38FN5O3/c1-32(41)11-6-15-39(19-32)30-25-18-35-28(24-17-22(40)16-21-8-3-4-9-23(21)24)27(34)29(25)36-31(37-30)42-20-33-12-5-10-26(33)38(2)14-7-13-33/h3-4,8-9,16-18,26,40-41H,5-7,10-15,19-20H2,1-2H3/t26-,32-,33-/m1/s1. The third kappa shape index (κ3) is 4.72. The van der Waals surface area contributed by atoms with Gasteiger partial charge in [-0.15, -0.1) is 0 Å². The van der Waals surface area contributed by atoms with E-state index in [2.05, 4.69) is 21.9 Å². The van der Waals surface area contributed by atoms with Crippen LogP contribution in [0.3, 0.4) is 0 Å². The second-order valence-corrected chi connectivity index (χ2v) is 12.9. The van der Waals surface area contributed by atoms with Crippen LogP contribution in [0.1, 0.15) is 51.9 Å². The maximum atomic E-state index is 16.6. The quantitative estimate of drug-likeness (QED) is 0.316. The number of anilines is 1. The summed E-state index contributed by atoms with van der Waals surface area (Å²) in [5, 5.41) is 23.4. The van der Waals surface area contributed by atoms with E-state index in [0.717, 1.165) is 49.4 Å². The van der Waals surface area contributed by atoms with Crippen LogP contribution in [0.15, 0.2) is 42.6 Å². The first kappa shape index (κ1) is 27.3. The predicted octanol–water partition coefficient (Wildman–Crippen LogP) is 5.68. The van der Waals surface area contributed by atoms with Crippen LogP contribution < -0.4 is 9.64 Å². The smallest absolute Gasteiger partial charge is 0.319 e. The Morgan fingerprint density at radius 1 is 1.05 bits per heavy atom. The normalized spacial score (nSPS) is 26.6. The van der Waals surface area contributed by atoms with Gasteiger partial charge in [-0.3, -0.25) is 4.98 Å². The molecule has 220 valence electrons. The molecule has 3 aliphatic rings. The number of phenolic OH excluding ortho intramolecular Hbond substituents is 1. The Bertz CT molecular complexity index is 1660. The monoisotopic (exact) mass is 571 g/mol. The average molecular weight is 572 g/mol. The molecule has 1 saturated carbocycles. The van der Waals surface area contributed by atoms with E-state index in [9.17, 15) is 10.2 Å². The molecule has 0 spiro atoms. The van der Waals surface area contributed by atoms with E-state index in [-0.39, 0.29) is 28.4 Å². The van der Waals surface area contributed by atoms with Gasteiger partial charge in [-0.1, -0.05) is 30.7 Å². The number of rotatable bonds is 5. The van der Waals surface area contributed by atoms with Gasteiger partial charge >= 0.3 is 6.01 Å². The lowest BCUT2D eigenvalue weighted by Crippen LogP contribution is -2.50. The van der Waals surface area contributed by atoms with Gasteiger partial charge in [0.25, 0.3) is 0 Å². The van der Waals surface area contributed by atoms with Crippen molar-refractivity contribution in [3.8, 4) is 23.0 Å². The fraction of sp³-hybridized carbons (Fsp3) is 0.485. The molecule has 4 aromatic rings. The Balaban J connectivity index is 1.34. The highest BCUT2D eigenvalue weighted by Gasteiger charge is 2.47. The molecule has 2 saturated heterocycles. The second kappa shape index (κ2) is 10.3. The van der Waals surface area contributed by atoms with Crippen LogP contribution in [0.5, 0.6) is 11.8 Å². The van der Waals surface area contributed by atoms with E-state index in [0.29, 0.717) is 48.9 Å². The van der Waals surface area contributed by atoms with Gasteiger partial charge in [0.15, 0.2) is 5.82 Å². The SMILES string of the molecule is CN1CCC[C@@]2(COc3nc(N4CCC[C@@](C)(O)C4)c4cnc(-c5cc(O)cc6ccccc56)c(F)c4n3)CCC[C@@H]12. The molecule has 2 aromatic heterocycles. The van der Waals surface area contributed by atoms with Gasteiger partial charge in [0.05, 0.1) is 17.6 Å². The molecule has 3 atom stereocenters. The van der Waals surface area contributed by atoms with Crippen LogP contribution >= 0.6 is 0 Å². The molecule has 9 heteroatoms. The van der Waals surface area contributed by atoms with Gasteiger partial charge in [0, 0.05) is 36.3 Å². The minimum Gasteiger partial charge on any atom is -0.508 e. The van der Waals surface area contributed by atoms with Crippen LogP contribution in [-0.4, -0.2) is 75.0 Å². The van der Waals surface area contributed by atoms with Crippen molar-refractivity contribution in [1.82, 2.24) is 19.9 Å². The molecule has 8 nitrogen and oxygen atoms in total. The topological polar surface area (TPSA) is 94.8 Å². The molecule has 3 fully saturated rings. The van der Waals surface area contributed by atoms with Crippen molar-refractivity contribution in [2.24, 2.45) is 5.41 Å². The summed E-state index contributed by atoms with van der Waals surface area (Å²) >= 11 is 0. The first-order valence-corrected chi connectivity index (χ1v) is 15.1. The Kier molecular flexibility index (Phi) is 6.70. The zero-order valence-electron chi connectivity index (χ0n) is 24.3. The molecule has 42 heavy (non-hydrogen) atoms. The summed E-state index contributed by atoms with van der Waals surface area (Å²) in [7, 11) is 2.20. The first-order valence-electron chi connectivity index (χ1n) is 15.1. The summed E-state index contributed by atoms with van der Waals surface area (Å²) in [6.07, 6.45) is 8.75. The number of ether oxygens (including phenoxy) is 1. The fourth-order valence-corrected chi connectivity index (χ4v) is 7.79. The number of pyridine rings is 1. The van der Waals surface area contributed by atoms with Gasteiger partial charge in [0.1, 0.15) is 22.8 Å². The molecule has 2 aromatic carbocycles. The maximum absolute atomic E-state index is 16.6. The number of hydrogen-bond donors (Lipinski definition) is 2. The van der Waals surface area contributed by atoms with E-state index in [1.165, 1.54) is 6.42 Å². The number of fused-ring (bicyclic) bond motifs is 3. The largest absolute Gasteiger partial charge is 0.508 e. The molecule has 4 heterocycles. The molecular formula is C33H38FN5O3. The fourth-order valence-electron chi connectivity index (χ4n) is 7.79. The number of piperidine rings is 2. The van der Waals surface area contributed by atoms with Crippen LogP contribution in [0, 0.1) is 11.2 Å². The highest BCUT2D eigenvalue weighted by atomic mass is 19.1. The van der Waals surface area contributed by atoms with E-state index in [4.69, 9.17) is 9.72 Å². The minimum atomic E-state index is -0.883. The van der Waals surface area contributed by atoms with Gasteiger partial charge in [-0.2, -0.15) is 9.97 Å². The molecular weight excluding hydrogens is 533 g/mol. The highest BCUT2D eigenvalue weighted by molar-refractivity contribution is 5.99. The average Bonchev–Trinajstić information content (AvgIpc) is 3.41. The third-order valence-electron chi connectivity index (χ3n) is 9.79. The van der Waals surface area contributed by atoms with Crippen LogP contribution in [0.4, 0.5) is 10.2 Å². The Labute approximate surface area is 245 Å². The van der Waals surface area contributed by atoms with Crippen LogP contribution in [0.25, 0.3) is 32.9 Å². The predicted molar refractivity (Wildman–Crippen MR) is 161 cm³/mol. The van der Waals surface area contributed by atoms with E-state index < -0.39 is 11.4 Å². The van der Waals surface area contributed by atoms with E-state index >= 15 is 4.39 Å². The van der Waals surface area contributed by atoms with Crippen LogP contribution in [-0.2, 0) is 0 Å². The number of β-amino-alcohol motifs (C(OH)–C–C–N with tert-alkyl or cyclic N) is 1. The lowest BCUT2D eigenvalue weighted by Gasteiger charge is -2.44. The van der Waals surface area contributed by atoms with Crippen molar-refractivity contribution in [2.45, 2.75) is 63.5 Å². The number of phenols is 1. The molecule has 0 unspecified atom stereocenters. The number of hydrogen-bond acceptors (Lipinski definition) is 8. The molecule has 0 amide bonds. The zero-order valence-corrected chi connectivity index (χ0v) is 24.3. The maximum Gasteiger partial charge on any atom is 0.319 e. The van der Waals surface area contributed by atoms with Gasteiger partial charge in [-0.05, 0) is 81.9 Å². The Morgan fingerprint density at radius 3 is 2.71 bits per heavy atom. The van der Waals surface area contributed by atoms with Gasteiger partial charge in [0.2, 0.25) is 0 Å². The molecule has 2 aliphatic heterocycles. The number of halogens is 1. The minimum absolute atomic E-state index is 0.0377. The van der Waals surface area contributed by atoms with E-state index in [1.807, 2.05) is 36.1 Å². The van der Waals surface area contributed by atoms with Crippen molar-refractivity contribution in [3.05, 3.63) is 48.4 Å². The number of aromatic hydroxyl groups is 1. The number of benzene rings is 2. The lowest BCUT2D eigenvalue weighted by molar-refractivity contribution is 0.0132. The molecule has 2 N–H and O–H groups in total. The summed E-state index contributed by atoms with van der Waals surface area (Å²) in [5.74, 6) is -0.0273. The second-order valence-electron chi connectivity index (χ2n) is 12.9. The molecule has 1 aliphatic carbocycles. The summed E-state index contributed by atoms with van der Waals surface area (Å²) in [4.78, 5) is 18.5. The van der Waals surface area contributed by atoms with Gasteiger partial charge in [-0.25, -0.2) is 4.39 Å². The highest BCUT2D eigenvalue weighted by Crippen LogP contribution is 2.47. The Hall–Kier alpha value is -3.56. The Morgan fingerprint density at radius 2 is 1.86 bits per heavy atom. The summed E-state index contributed by atoms with van der Waals surface area (Å²) in [5.41, 5.74) is -0.113. The zero-order chi connectivity index (χ0) is 29.1. The summed E-state index contributed by atoms with van der Waals surface area (Å²) in [6, 6.07) is 11.3. The van der Waals surface area contributed by atoms with Crippen molar-refractivity contribution in [2.75, 3.05) is 38.2 Å². The molecule has 0 radical (unpaired) electrons. The number of nitrogens with zero attached hydrogens (tertiary/aromatic N) is 5. The lowest BCUT2D eigenvalue weighted by atomic mass is 9.76. The van der Waals surface area contributed by atoms with Crippen molar-refractivity contribution < 1.29 is 19.3 Å². The number of aromatic nitrogens is 3. The van der Waals surface area contributed by atoms with Gasteiger partial charge < -0.3 is 24.7 Å². The van der Waals surface area contributed by atoms with E-state index in [1.54, 1.807) is 18.3 Å². The molecule has 0 bridgehead atoms. The number of likely N-dealkylation sites (tertiary alicyclic amines) is 1. The third-order valence-corrected chi connectivity index (χ3v) is 9.79. The van der Waals surface area contributed by atoms with Crippen molar-refractivity contribution in [1.29, 1.82) is 0 Å². The first-order chi connectivity index (χ1) is 20.2.